The van der Waals surface area contributed by atoms with Gasteiger partial charge in [-0.3, -0.25) is 29.2 Å². The summed E-state index contributed by atoms with van der Waals surface area (Å²) in [7, 11) is 0. The van der Waals surface area contributed by atoms with E-state index >= 15 is 0 Å². The lowest BCUT2D eigenvalue weighted by Crippen LogP contribution is -2.53. The molecular weight excluding hydrogens is 563 g/mol. The summed E-state index contributed by atoms with van der Waals surface area (Å²) in [6.07, 6.45) is -3.94. The van der Waals surface area contributed by atoms with Crippen LogP contribution < -0.4 is 31.5 Å². The third-order valence-electron chi connectivity index (χ3n) is 6.56. The van der Waals surface area contributed by atoms with Crippen LogP contribution in [0.4, 0.5) is 13.2 Å². The molecule has 1 aromatic rings. The van der Waals surface area contributed by atoms with E-state index in [1.807, 2.05) is 13.8 Å². The van der Waals surface area contributed by atoms with E-state index in [9.17, 15) is 42.4 Å². The first-order chi connectivity index (χ1) is 19.8. The predicted molar refractivity (Wildman–Crippen MR) is 143 cm³/mol. The highest BCUT2D eigenvalue weighted by Gasteiger charge is 2.38. The second-order valence-electron chi connectivity index (χ2n) is 10.4. The molecule has 0 saturated carbocycles. The van der Waals surface area contributed by atoms with Gasteiger partial charge in [-0.2, -0.15) is 13.2 Å². The Hall–Kier alpha value is -3.88. The maximum Gasteiger partial charge on any atom is 0.471 e. The maximum atomic E-state index is 13.5. The van der Waals surface area contributed by atoms with Gasteiger partial charge < -0.3 is 26.0 Å². The monoisotopic (exact) mass is 601 g/mol. The first kappa shape index (κ1) is 34.3. The normalized spacial score (nSPS) is 19.6. The van der Waals surface area contributed by atoms with Crippen molar-refractivity contribution in [3.05, 3.63) is 29.8 Å². The van der Waals surface area contributed by atoms with E-state index in [1.165, 1.54) is 0 Å². The molecule has 42 heavy (non-hydrogen) atoms. The molecule has 1 aromatic carbocycles. The summed E-state index contributed by atoms with van der Waals surface area (Å²) in [5.74, 6) is -5.82. The molecule has 15 heteroatoms. The van der Waals surface area contributed by atoms with Crippen LogP contribution in [-0.2, 0) is 30.4 Å². The number of benzene rings is 1. The van der Waals surface area contributed by atoms with Crippen molar-refractivity contribution in [2.75, 3.05) is 26.2 Å². The molecule has 2 aliphatic rings. The van der Waals surface area contributed by atoms with Crippen molar-refractivity contribution in [3.8, 4) is 5.75 Å². The Kier molecular flexibility index (Phi) is 13.5. The molecule has 3 rings (SSSR count). The van der Waals surface area contributed by atoms with Crippen molar-refractivity contribution in [2.24, 2.45) is 17.8 Å². The van der Waals surface area contributed by atoms with E-state index in [4.69, 9.17) is 4.74 Å². The molecule has 2 bridgehead atoms. The standard InChI is InChI=1S/C27H38F3N5O7/c1-16(2)13-20-19(24(38)35-41)5-3-12-42-18-8-6-17(7-9-18)14-21(34-23(20)37)25(39)33-15-22(36)31-10-4-11-32-26(40)27(28,29)30/h6-9,16,19-21,41H,3-5,10-15H2,1-2H3,(H,31,36)(H,32,40)(H,33,39)(H,34,37)(H,35,38)/t19-,20+,21-/m0/s1. The minimum Gasteiger partial charge on any atom is -0.494 e. The number of rotatable bonds is 10. The first-order valence-electron chi connectivity index (χ1n) is 13.7. The molecule has 12 nitrogen and oxygen atoms in total. The summed E-state index contributed by atoms with van der Waals surface area (Å²) in [6, 6.07) is 5.78. The van der Waals surface area contributed by atoms with Gasteiger partial charge in [-0.05, 0) is 49.3 Å². The van der Waals surface area contributed by atoms with Gasteiger partial charge in [-0.25, -0.2) is 5.48 Å². The zero-order valence-electron chi connectivity index (χ0n) is 23.5. The molecule has 0 spiro atoms. The highest BCUT2D eigenvalue weighted by molar-refractivity contribution is 5.93. The Balaban J connectivity index is 2.10. The Labute approximate surface area is 241 Å². The van der Waals surface area contributed by atoms with Crippen molar-refractivity contribution < 1.29 is 47.1 Å². The number of alkyl halides is 3. The fourth-order valence-electron chi connectivity index (χ4n) is 4.47. The Morgan fingerprint density at radius 1 is 1.05 bits per heavy atom. The van der Waals surface area contributed by atoms with Crippen LogP contribution in [0.15, 0.2) is 24.3 Å². The first-order valence-corrected chi connectivity index (χ1v) is 13.7. The van der Waals surface area contributed by atoms with Gasteiger partial charge in [-0.15, -0.1) is 0 Å². The smallest absolute Gasteiger partial charge is 0.471 e. The minimum atomic E-state index is -4.99. The molecule has 0 fully saturated rings. The number of ether oxygens (including phenoxy) is 1. The lowest BCUT2D eigenvalue weighted by atomic mass is 9.81. The van der Waals surface area contributed by atoms with Gasteiger partial charge in [0.1, 0.15) is 11.8 Å². The number of hydrogen-bond acceptors (Lipinski definition) is 7. The second kappa shape index (κ2) is 16.5. The molecule has 234 valence electrons. The highest BCUT2D eigenvalue weighted by Crippen LogP contribution is 2.27. The number of nitrogens with one attached hydrogen (secondary N) is 5. The van der Waals surface area contributed by atoms with Crippen molar-refractivity contribution in [1.29, 1.82) is 0 Å². The van der Waals surface area contributed by atoms with Gasteiger partial charge in [0.15, 0.2) is 0 Å². The molecule has 0 aromatic heterocycles. The van der Waals surface area contributed by atoms with Crippen LogP contribution in [0, 0.1) is 17.8 Å². The summed E-state index contributed by atoms with van der Waals surface area (Å²) < 4.78 is 42.4. The molecular formula is C27H38F3N5O7. The molecule has 6 N–H and O–H groups in total. The number of carbonyl (C=O) groups excluding carboxylic acids is 5. The van der Waals surface area contributed by atoms with E-state index in [2.05, 4.69) is 16.0 Å². The second-order valence-corrected chi connectivity index (χ2v) is 10.4. The molecule has 0 unspecified atom stereocenters. The van der Waals surface area contributed by atoms with Crippen molar-refractivity contribution in [3.63, 3.8) is 0 Å². The largest absolute Gasteiger partial charge is 0.494 e. The number of hydroxylamine groups is 1. The molecule has 2 aliphatic heterocycles. The van der Waals surface area contributed by atoms with Crippen LogP contribution in [0.1, 0.15) is 45.1 Å². The van der Waals surface area contributed by atoms with E-state index in [0.717, 1.165) is 0 Å². The quantitative estimate of drug-likeness (QED) is 0.132. The summed E-state index contributed by atoms with van der Waals surface area (Å²) in [4.78, 5) is 62.2. The fourth-order valence-corrected chi connectivity index (χ4v) is 4.47. The van der Waals surface area contributed by atoms with E-state index in [-0.39, 0.29) is 38.3 Å². The lowest BCUT2D eigenvalue weighted by molar-refractivity contribution is -0.173. The van der Waals surface area contributed by atoms with Crippen molar-refractivity contribution in [1.82, 2.24) is 26.7 Å². The third-order valence-corrected chi connectivity index (χ3v) is 6.56. The summed E-state index contributed by atoms with van der Waals surface area (Å²) >= 11 is 0. The molecule has 0 radical (unpaired) electrons. The Morgan fingerprint density at radius 2 is 1.71 bits per heavy atom. The Morgan fingerprint density at radius 3 is 2.33 bits per heavy atom. The number of halogens is 3. The van der Waals surface area contributed by atoms with E-state index < -0.39 is 60.1 Å². The number of fused-ring (bicyclic) bond motifs is 11. The average molecular weight is 602 g/mol. The minimum absolute atomic E-state index is 0.00874. The van der Waals surface area contributed by atoms with Crippen molar-refractivity contribution in [2.45, 2.75) is 58.2 Å². The summed E-state index contributed by atoms with van der Waals surface area (Å²) in [6.45, 7) is 3.22. The molecule has 3 atom stereocenters. The van der Waals surface area contributed by atoms with E-state index in [0.29, 0.717) is 30.8 Å². The zero-order chi connectivity index (χ0) is 31.3. The predicted octanol–water partition coefficient (Wildman–Crippen LogP) is 0.971. The van der Waals surface area contributed by atoms with Crippen LogP contribution in [0.2, 0.25) is 0 Å². The number of amides is 5. The lowest BCUT2D eigenvalue weighted by Gasteiger charge is -2.28. The van der Waals surface area contributed by atoms with Crippen LogP contribution in [-0.4, -0.2) is 73.2 Å². The van der Waals surface area contributed by atoms with Gasteiger partial charge >= 0.3 is 12.1 Å². The number of carbonyl (C=O) groups is 5. The SMILES string of the molecule is CC(C)C[C@H]1C(=O)N[C@H](C(=O)NCC(=O)NCCCNC(=O)C(F)(F)F)Cc2ccc(cc2)OCCC[C@@H]1C(=O)NO. The van der Waals surface area contributed by atoms with Crippen LogP contribution in [0.25, 0.3) is 0 Å². The summed E-state index contributed by atoms with van der Waals surface area (Å²) in [5, 5.41) is 18.6. The van der Waals surface area contributed by atoms with Gasteiger partial charge in [0.05, 0.1) is 19.1 Å². The van der Waals surface area contributed by atoms with Gasteiger partial charge in [0.2, 0.25) is 23.6 Å². The molecule has 0 saturated heterocycles. The summed E-state index contributed by atoms with van der Waals surface area (Å²) in [5.41, 5.74) is 2.33. The molecule has 2 heterocycles. The van der Waals surface area contributed by atoms with Crippen LogP contribution >= 0.6 is 0 Å². The Bertz CT molecular complexity index is 1080. The van der Waals surface area contributed by atoms with Crippen LogP contribution in [0.5, 0.6) is 5.75 Å². The van der Waals surface area contributed by atoms with Gasteiger partial charge in [0.25, 0.3) is 0 Å². The maximum absolute atomic E-state index is 13.5. The van der Waals surface area contributed by atoms with Crippen molar-refractivity contribution >= 4 is 29.5 Å². The van der Waals surface area contributed by atoms with Crippen LogP contribution in [0.3, 0.4) is 0 Å². The fraction of sp³-hybridized carbons (Fsp3) is 0.593. The average Bonchev–Trinajstić information content (AvgIpc) is 2.93. The van der Waals surface area contributed by atoms with E-state index in [1.54, 1.807) is 35.1 Å². The topological polar surface area (TPSA) is 175 Å². The molecule has 0 aliphatic carbocycles. The number of hydrogen-bond donors (Lipinski definition) is 6. The zero-order valence-corrected chi connectivity index (χ0v) is 23.5. The highest BCUT2D eigenvalue weighted by atomic mass is 19.4. The van der Waals surface area contributed by atoms with Gasteiger partial charge in [0, 0.05) is 25.4 Å². The third kappa shape index (κ3) is 11.5. The van der Waals surface area contributed by atoms with Gasteiger partial charge in [-0.1, -0.05) is 26.0 Å². The molecule has 5 amide bonds.